The summed E-state index contributed by atoms with van der Waals surface area (Å²) < 4.78 is 5.30. The van der Waals surface area contributed by atoms with Crippen molar-refractivity contribution in [3.8, 4) is 5.75 Å². The van der Waals surface area contributed by atoms with Crippen LogP contribution in [0.15, 0.2) is 18.2 Å². The first-order valence-corrected chi connectivity index (χ1v) is 8.97. The first-order valence-electron chi connectivity index (χ1n) is 8.97. The van der Waals surface area contributed by atoms with Crippen LogP contribution in [0.5, 0.6) is 5.75 Å². The largest absolute Gasteiger partial charge is 0.496 e. The Balaban J connectivity index is 2.02. The Kier molecular flexibility index (Phi) is 7.25. The van der Waals surface area contributed by atoms with Crippen LogP contribution in [-0.4, -0.2) is 49.5 Å². The number of hydrogen-bond donors (Lipinski definition) is 2. The smallest absolute Gasteiger partial charge is 0.237 e. The highest BCUT2D eigenvalue weighted by atomic mass is 16.5. The second-order valence-corrected chi connectivity index (χ2v) is 6.49. The molecule has 1 heterocycles. The highest BCUT2D eigenvalue weighted by Gasteiger charge is 2.31. The summed E-state index contributed by atoms with van der Waals surface area (Å²) in [6.45, 7) is 6.75. The second kappa shape index (κ2) is 9.42. The number of carbonyl (C=O) groups is 2. The molecule has 0 unspecified atom stereocenters. The van der Waals surface area contributed by atoms with Gasteiger partial charge in [0.1, 0.15) is 5.75 Å². The summed E-state index contributed by atoms with van der Waals surface area (Å²) in [5.41, 5.74) is 2.18. The minimum Gasteiger partial charge on any atom is -0.496 e. The molecule has 1 aliphatic rings. The van der Waals surface area contributed by atoms with Gasteiger partial charge in [0.25, 0.3) is 0 Å². The molecule has 0 aliphatic carbocycles. The highest BCUT2D eigenvalue weighted by Crippen LogP contribution is 2.21. The molecule has 6 nitrogen and oxygen atoms in total. The number of nitrogens with one attached hydrogen (secondary N) is 2. The summed E-state index contributed by atoms with van der Waals surface area (Å²) in [5.74, 6) is 0.723. The van der Waals surface area contributed by atoms with Gasteiger partial charge in [-0.2, -0.15) is 0 Å². The lowest BCUT2D eigenvalue weighted by Gasteiger charge is -2.34. The van der Waals surface area contributed by atoms with Gasteiger partial charge in [0, 0.05) is 26.2 Å². The molecule has 2 N–H and O–H groups in total. The minimum atomic E-state index is -0.419. The molecule has 1 aliphatic heterocycles. The van der Waals surface area contributed by atoms with Crippen molar-refractivity contribution >= 4 is 11.8 Å². The van der Waals surface area contributed by atoms with Gasteiger partial charge in [-0.25, -0.2) is 0 Å². The van der Waals surface area contributed by atoms with Gasteiger partial charge in [-0.3, -0.25) is 14.5 Å². The molecular weight excluding hydrogens is 318 g/mol. The van der Waals surface area contributed by atoms with E-state index in [4.69, 9.17) is 4.74 Å². The standard InChI is InChI=1S/C19H29N3O3/c1-4-5-8-20-18(23)12-16-19(24)21-9-10-22(16)13-15-6-7-17(25-3)14(2)11-15/h6-7,11,16H,4-5,8-10,12-13H2,1-3H3,(H,20,23)(H,21,24)/t16-/m1/s1. The van der Waals surface area contributed by atoms with Crippen molar-refractivity contribution in [2.45, 2.75) is 45.7 Å². The molecule has 6 heteroatoms. The Hall–Kier alpha value is -2.08. The van der Waals surface area contributed by atoms with Gasteiger partial charge >= 0.3 is 0 Å². The topological polar surface area (TPSA) is 70.7 Å². The average Bonchev–Trinajstić information content (AvgIpc) is 2.58. The van der Waals surface area contributed by atoms with E-state index in [2.05, 4.69) is 28.5 Å². The fraction of sp³-hybridized carbons (Fsp3) is 0.579. The van der Waals surface area contributed by atoms with E-state index in [1.165, 1.54) is 0 Å². The SMILES string of the molecule is CCCCNC(=O)C[C@@H]1C(=O)NCCN1Cc1ccc(OC)c(C)c1. The molecule has 1 aromatic rings. The molecule has 0 aromatic heterocycles. The third-order valence-electron chi connectivity index (χ3n) is 4.52. The zero-order valence-electron chi connectivity index (χ0n) is 15.4. The molecule has 138 valence electrons. The van der Waals surface area contributed by atoms with Crippen LogP contribution >= 0.6 is 0 Å². The zero-order chi connectivity index (χ0) is 18.2. The molecule has 0 bridgehead atoms. The molecule has 1 saturated heterocycles. The quantitative estimate of drug-likeness (QED) is 0.701. The number of unbranched alkanes of at least 4 members (excludes halogenated alkanes) is 1. The second-order valence-electron chi connectivity index (χ2n) is 6.49. The van der Waals surface area contributed by atoms with Crippen LogP contribution < -0.4 is 15.4 Å². The number of rotatable bonds is 8. The number of carbonyl (C=O) groups excluding carboxylic acids is 2. The summed E-state index contributed by atoms with van der Waals surface area (Å²) >= 11 is 0. The third kappa shape index (κ3) is 5.46. The fourth-order valence-corrected chi connectivity index (χ4v) is 3.10. The molecule has 0 spiro atoms. The number of piperazine rings is 1. The predicted molar refractivity (Wildman–Crippen MR) is 97.5 cm³/mol. The third-order valence-corrected chi connectivity index (χ3v) is 4.52. The lowest BCUT2D eigenvalue weighted by molar-refractivity contribution is -0.134. The zero-order valence-corrected chi connectivity index (χ0v) is 15.4. The van der Waals surface area contributed by atoms with Crippen LogP contribution in [0.3, 0.4) is 0 Å². The molecule has 1 atom stereocenters. The Labute approximate surface area is 149 Å². The van der Waals surface area contributed by atoms with Crippen LogP contribution in [0.4, 0.5) is 0 Å². The average molecular weight is 347 g/mol. The van der Waals surface area contributed by atoms with Gasteiger partial charge in [-0.1, -0.05) is 25.5 Å². The lowest BCUT2D eigenvalue weighted by Crippen LogP contribution is -2.56. The lowest BCUT2D eigenvalue weighted by atomic mass is 10.1. The molecule has 0 saturated carbocycles. The Morgan fingerprint density at radius 2 is 2.24 bits per heavy atom. The number of hydrogen-bond acceptors (Lipinski definition) is 4. The van der Waals surface area contributed by atoms with E-state index < -0.39 is 6.04 Å². The first-order chi connectivity index (χ1) is 12.0. The van der Waals surface area contributed by atoms with Crippen LogP contribution in [-0.2, 0) is 16.1 Å². The van der Waals surface area contributed by atoms with E-state index in [-0.39, 0.29) is 18.2 Å². The van der Waals surface area contributed by atoms with Crippen molar-refractivity contribution < 1.29 is 14.3 Å². The molecule has 2 rings (SSSR count). The van der Waals surface area contributed by atoms with Crippen molar-refractivity contribution in [3.63, 3.8) is 0 Å². The highest BCUT2D eigenvalue weighted by molar-refractivity contribution is 5.88. The predicted octanol–water partition coefficient (Wildman–Crippen LogP) is 1.61. The minimum absolute atomic E-state index is 0.0635. The van der Waals surface area contributed by atoms with E-state index in [1.54, 1.807) is 7.11 Å². The number of ether oxygens (including phenoxy) is 1. The van der Waals surface area contributed by atoms with E-state index in [9.17, 15) is 9.59 Å². The van der Waals surface area contributed by atoms with Crippen LogP contribution in [0.1, 0.15) is 37.3 Å². The monoisotopic (exact) mass is 347 g/mol. The number of nitrogens with zero attached hydrogens (tertiary/aromatic N) is 1. The van der Waals surface area contributed by atoms with Gasteiger partial charge < -0.3 is 15.4 Å². The first kappa shape index (κ1) is 19.2. The Bertz CT molecular complexity index is 604. The van der Waals surface area contributed by atoms with Gasteiger partial charge in [-0.15, -0.1) is 0 Å². The van der Waals surface area contributed by atoms with Crippen molar-refractivity contribution in [2.75, 3.05) is 26.7 Å². The Morgan fingerprint density at radius 3 is 2.92 bits per heavy atom. The van der Waals surface area contributed by atoms with Crippen molar-refractivity contribution in [1.82, 2.24) is 15.5 Å². The summed E-state index contributed by atoms with van der Waals surface area (Å²) in [6, 6.07) is 5.61. The molecule has 2 amide bonds. The van der Waals surface area contributed by atoms with Gasteiger partial charge in [0.05, 0.1) is 19.6 Å². The van der Waals surface area contributed by atoms with Crippen LogP contribution in [0.2, 0.25) is 0 Å². The van der Waals surface area contributed by atoms with E-state index in [0.29, 0.717) is 19.6 Å². The van der Waals surface area contributed by atoms with Crippen molar-refractivity contribution in [3.05, 3.63) is 29.3 Å². The van der Waals surface area contributed by atoms with Gasteiger partial charge in [-0.05, 0) is 30.5 Å². The summed E-state index contributed by atoms with van der Waals surface area (Å²) in [7, 11) is 1.66. The molecule has 25 heavy (non-hydrogen) atoms. The molecule has 1 aromatic carbocycles. The maximum atomic E-state index is 12.3. The number of benzene rings is 1. The fourth-order valence-electron chi connectivity index (χ4n) is 3.10. The maximum absolute atomic E-state index is 12.3. The molecule has 0 radical (unpaired) electrons. The molecular formula is C19H29N3O3. The molecule has 1 fully saturated rings. The summed E-state index contributed by atoms with van der Waals surface area (Å²) in [6.07, 6.45) is 2.19. The number of methoxy groups -OCH3 is 1. The van der Waals surface area contributed by atoms with Gasteiger partial charge in [0.15, 0.2) is 0 Å². The summed E-state index contributed by atoms with van der Waals surface area (Å²) in [5, 5.41) is 5.77. The van der Waals surface area contributed by atoms with Crippen LogP contribution in [0, 0.1) is 6.92 Å². The Morgan fingerprint density at radius 1 is 1.44 bits per heavy atom. The van der Waals surface area contributed by atoms with E-state index >= 15 is 0 Å². The normalized spacial score (nSPS) is 17.9. The maximum Gasteiger partial charge on any atom is 0.237 e. The van der Waals surface area contributed by atoms with Crippen LogP contribution in [0.25, 0.3) is 0 Å². The van der Waals surface area contributed by atoms with Crippen molar-refractivity contribution in [1.29, 1.82) is 0 Å². The van der Waals surface area contributed by atoms with E-state index in [0.717, 1.165) is 36.3 Å². The number of amides is 2. The number of aryl methyl sites for hydroxylation is 1. The van der Waals surface area contributed by atoms with Crippen molar-refractivity contribution in [2.24, 2.45) is 0 Å². The van der Waals surface area contributed by atoms with Gasteiger partial charge in [0.2, 0.25) is 11.8 Å². The summed E-state index contributed by atoms with van der Waals surface area (Å²) in [4.78, 5) is 26.5. The van der Waals surface area contributed by atoms with E-state index in [1.807, 2.05) is 19.1 Å².